The number of hydrogen-bond acceptors (Lipinski definition) is 5. The Morgan fingerprint density at radius 1 is 1.33 bits per heavy atom. The van der Waals surface area contributed by atoms with Crippen LogP contribution in [0.3, 0.4) is 0 Å². The third-order valence-corrected chi connectivity index (χ3v) is 2.29. The van der Waals surface area contributed by atoms with Gasteiger partial charge in [0, 0.05) is 19.3 Å². The first kappa shape index (κ1) is 18.7. The molecule has 0 unspecified atom stereocenters. The van der Waals surface area contributed by atoms with Crippen LogP contribution in [0.25, 0.3) is 0 Å². The second-order valence-corrected chi connectivity index (χ2v) is 3.74. The number of pyridine rings is 1. The minimum atomic E-state index is -0.577. The number of nitrogens with zero attached hydrogens (tertiary/aromatic N) is 2. The van der Waals surface area contributed by atoms with Crippen LogP contribution in [0.4, 0.5) is 10.6 Å². The van der Waals surface area contributed by atoms with Crippen molar-refractivity contribution >= 4 is 17.8 Å². The van der Waals surface area contributed by atoms with Gasteiger partial charge in [0.2, 0.25) is 0 Å². The van der Waals surface area contributed by atoms with Gasteiger partial charge >= 0.3 is 6.03 Å². The van der Waals surface area contributed by atoms with Gasteiger partial charge in [-0.1, -0.05) is 19.9 Å². The van der Waals surface area contributed by atoms with Gasteiger partial charge in [-0.25, -0.2) is 14.8 Å². The lowest BCUT2D eigenvalue weighted by atomic mass is 10.3. The standard InChI is InChI=1S/C11H17N5O3.C2H6/c1-2-16(19)10(17)7-15-11(18)14-6-8-3-4-9(12)13-5-8;1-2/h3-5,19H,2,6-7H2,1H3,(H2,12,13)(H2,14,15,18);1-2H3. The molecule has 0 bridgehead atoms. The highest BCUT2D eigenvalue weighted by molar-refractivity contribution is 5.83. The van der Waals surface area contributed by atoms with E-state index in [1.165, 1.54) is 0 Å². The van der Waals surface area contributed by atoms with Crippen molar-refractivity contribution in [1.29, 1.82) is 0 Å². The number of amides is 3. The lowest BCUT2D eigenvalue weighted by Crippen LogP contribution is -2.42. The van der Waals surface area contributed by atoms with E-state index in [1.807, 2.05) is 13.8 Å². The fraction of sp³-hybridized carbons (Fsp3) is 0.462. The van der Waals surface area contributed by atoms with Crippen LogP contribution in [0.2, 0.25) is 0 Å². The van der Waals surface area contributed by atoms with E-state index in [-0.39, 0.29) is 19.6 Å². The predicted octanol–water partition coefficient (Wildman–Crippen LogP) is 0.727. The Balaban J connectivity index is 0.00000191. The number of nitrogens with two attached hydrogens (primary N) is 1. The van der Waals surface area contributed by atoms with Gasteiger partial charge in [-0.2, -0.15) is 0 Å². The quantitative estimate of drug-likeness (QED) is 0.471. The summed E-state index contributed by atoms with van der Waals surface area (Å²) in [7, 11) is 0. The highest BCUT2D eigenvalue weighted by Gasteiger charge is 2.09. The molecule has 1 aromatic heterocycles. The summed E-state index contributed by atoms with van der Waals surface area (Å²) in [6, 6.07) is 2.86. The molecular weight excluding hydrogens is 274 g/mol. The van der Waals surface area contributed by atoms with Crippen LogP contribution in [-0.4, -0.2) is 40.3 Å². The van der Waals surface area contributed by atoms with E-state index in [0.717, 1.165) is 5.56 Å². The summed E-state index contributed by atoms with van der Waals surface area (Å²) in [5.74, 6) is -0.173. The van der Waals surface area contributed by atoms with Crippen molar-refractivity contribution in [2.45, 2.75) is 27.3 Å². The van der Waals surface area contributed by atoms with E-state index in [9.17, 15) is 9.59 Å². The Bertz CT molecular complexity index is 436. The maximum Gasteiger partial charge on any atom is 0.315 e. The molecule has 118 valence electrons. The third-order valence-electron chi connectivity index (χ3n) is 2.29. The van der Waals surface area contributed by atoms with Crippen molar-refractivity contribution in [3.63, 3.8) is 0 Å². The number of anilines is 1. The van der Waals surface area contributed by atoms with Crippen molar-refractivity contribution in [2.75, 3.05) is 18.8 Å². The number of carbonyl (C=O) groups is 2. The molecule has 0 aliphatic carbocycles. The lowest BCUT2D eigenvalue weighted by molar-refractivity contribution is -0.162. The van der Waals surface area contributed by atoms with Crippen LogP contribution >= 0.6 is 0 Å². The number of carbonyl (C=O) groups excluding carboxylic acids is 2. The number of nitrogens with one attached hydrogen (secondary N) is 2. The SMILES string of the molecule is CC.CCN(O)C(=O)CNC(=O)NCc1ccc(N)nc1. The van der Waals surface area contributed by atoms with E-state index in [1.54, 1.807) is 25.3 Å². The highest BCUT2D eigenvalue weighted by Crippen LogP contribution is 2.00. The molecule has 0 spiro atoms. The molecule has 0 aromatic carbocycles. The molecule has 0 aliphatic heterocycles. The fourth-order valence-corrected chi connectivity index (χ4v) is 1.21. The summed E-state index contributed by atoms with van der Waals surface area (Å²) in [4.78, 5) is 26.5. The van der Waals surface area contributed by atoms with Crippen LogP contribution in [0.1, 0.15) is 26.3 Å². The van der Waals surface area contributed by atoms with Gasteiger partial charge in [0.1, 0.15) is 12.4 Å². The molecule has 8 heteroatoms. The fourth-order valence-electron chi connectivity index (χ4n) is 1.21. The van der Waals surface area contributed by atoms with Gasteiger partial charge in [-0.05, 0) is 18.6 Å². The van der Waals surface area contributed by atoms with Crippen LogP contribution in [0, 0.1) is 0 Å². The zero-order valence-corrected chi connectivity index (χ0v) is 12.6. The first-order chi connectivity index (χ1) is 10.0. The topological polar surface area (TPSA) is 121 Å². The van der Waals surface area contributed by atoms with Crippen molar-refractivity contribution < 1.29 is 14.8 Å². The zero-order chi connectivity index (χ0) is 16.3. The summed E-state index contributed by atoms with van der Waals surface area (Å²) in [5, 5.41) is 14.5. The number of hydrogen-bond donors (Lipinski definition) is 4. The molecule has 0 fully saturated rings. The summed E-state index contributed by atoms with van der Waals surface area (Å²) < 4.78 is 0. The van der Waals surface area contributed by atoms with E-state index < -0.39 is 11.9 Å². The second kappa shape index (κ2) is 10.4. The normalized spacial score (nSPS) is 9.14. The van der Waals surface area contributed by atoms with Gasteiger partial charge in [0.05, 0.1) is 0 Å². The Kier molecular flexibility index (Phi) is 9.27. The van der Waals surface area contributed by atoms with Crippen LogP contribution in [-0.2, 0) is 11.3 Å². The van der Waals surface area contributed by atoms with Gasteiger partial charge in [0.15, 0.2) is 0 Å². The minimum Gasteiger partial charge on any atom is -0.384 e. The monoisotopic (exact) mass is 297 g/mol. The van der Waals surface area contributed by atoms with E-state index in [2.05, 4.69) is 15.6 Å². The Morgan fingerprint density at radius 2 is 2.00 bits per heavy atom. The molecule has 1 rings (SSSR count). The molecule has 1 aromatic rings. The second-order valence-electron chi connectivity index (χ2n) is 3.74. The molecule has 1 heterocycles. The van der Waals surface area contributed by atoms with Gasteiger partial charge in [0.25, 0.3) is 5.91 Å². The molecule has 5 N–H and O–H groups in total. The minimum absolute atomic E-state index is 0.166. The lowest BCUT2D eigenvalue weighted by Gasteiger charge is -2.13. The summed E-state index contributed by atoms with van der Waals surface area (Å²) in [6.45, 7) is 5.78. The molecule has 21 heavy (non-hydrogen) atoms. The molecular formula is C13H23N5O3. The Hall–Kier alpha value is -2.35. The Labute approximate surface area is 124 Å². The van der Waals surface area contributed by atoms with E-state index in [4.69, 9.17) is 10.9 Å². The van der Waals surface area contributed by atoms with E-state index in [0.29, 0.717) is 10.9 Å². The van der Waals surface area contributed by atoms with Gasteiger partial charge in [-0.15, -0.1) is 0 Å². The average Bonchev–Trinajstić information content (AvgIpc) is 2.53. The molecule has 0 aliphatic rings. The van der Waals surface area contributed by atoms with Crippen molar-refractivity contribution in [3.8, 4) is 0 Å². The highest BCUT2D eigenvalue weighted by atomic mass is 16.5. The third kappa shape index (κ3) is 7.73. The molecule has 0 radical (unpaired) electrons. The molecule has 3 amide bonds. The van der Waals surface area contributed by atoms with Crippen molar-refractivity contribution in [2.24, 2.45) is 0 Å². The summed E-state index contributed by atoms with van der Waals surface area (Å²) in [6.07, 6.45) is 1.55. The van der Waals surface area contributed by atoms with Crippen molar-refractivity contribution in [3.05, 3.63) is 23.9 Å². The number of likely N-dealkylation sites (N-methyl/N-ethyl adjacent to an activating group) is 1. The number of aromatic nitrogens is 1. The van der Waals surface area contributed by atoms with Crippen LogP contribution < -0.4 is 16.4 Å². The van der Waals surface area contributed by atoms with Crippen LogP contribution in [0.15, 0.2) is 18.3 Å². The zero-order valence-electron chi connectivity index (χ0n) is 12.6. The maximum absolute atomic E-state index is 11.4. The molecule has 0 saturated carbocycles. The predicted molar refractivity (Wildman–Crippen MR) is 79.4 cm³/mol. The number of hydroxylamine groups is 2. The smallest absolute Gasteiger partial charge is 0.315 e. The number of nitrogen functional groups attached to an aromatic ring is 1. The molecule has 8 nitrogen and oxygen atoms in total. The summed E-state index contributed by atoms with van der Waals surface area (Å²) in [5.41, 5.74) is 6.21. The average molecular weight is 297 g/mol. The Morgan fingerprint density at radius 3 is 2.52 bits per heavy atom. The number of urea groups is 1. The summed E-state index contributed by atoms with van der Waals surface area (Å²) >= 11 is 0. The first-order valence-corrected chi connectivity index (χ1v) is 6.74. The van der Waals surface area contributed by atoms with Gasteiger partial charge in [-0.3, -0.25) is 10.0 Å². The molecule has 0 saturated heterocycles. The largest absolute Gasteiger partial charge is 0.384 e. The van der Waals surface area contributed by atoms with Gasteiger partial charge < -0.3 is 16.4 Å². The number of rotatable bonds is 5. The van der Waals surface area contributed by atoms with Crippen molar-refractivity contribution in [1.82, 2.24) is 20.7 Å². The van der Waals surface area contributed by atoms with E-state index >= 15 is 0 Å². The first-order valence-electron chi connectivity index (χ1n) is 6.74. The maximum atomic E-state index is 11.4. The molecule has 0 atom stereocenters. The van der Waals surface area contributed by atoms with Crippen LogP contribution in [0.5, 0.6) is 0 Å².